The lowest BCUT2D eigenvalue weighted by Gasteiger charge is -2.13. The zero-order chi connectivity index (χ0) is 15.2. The number of thioether (sulfide) groups is 1. The van der Waals surface area contributed by atoms with Gasteiger partial charge in [0.25, 0.3) is 5.91 Å². The molecule has 0 aliphatic carbocycles. The van der Waals surface area contributed by atoms with Crippen molar-refractivity contribution < 1.29 is 4.79 Å². The number of aryl methyl sites for hydroxylation is 1. The van der Waals surface area contributed by atoms with E-state index in [1.54, 1.807) is 4.90 Å². The topological polar surface area (TPSA) is 20.3 Å². The van der Waals surface area contributed by atoms with Crippen LogP contribution in [0.2, 0.25) is 0 Å². The van der Waals surface area contributed by atoms with E-state index in [-0.39, 0.29) is 5.91 Å². The minimum absolute atomic E-state index is 0.0575. The van der Waals surface area contributed by atoms with Crippen molar-refractivity contribution in [3.8, 4) is 0 Å². The van der Waals surface area contributed by atoms with Crippen molar-refractivity contribution in [2.45, 2.75) is 39.5 Å². The second kappa shape index (κ2) is 7.76. The Kier molecular flexibility index (Phi) is 6.00. The molecule has 1 saturated heterocycles. The molecule has 0 radical (unpaired) electrons. The first kappa shape index (κ1) is 16.2. The summed E-state index contributed by atoms with van der Waals surface area (Å²) in [6.45, 7) is 4.99. The van der Waals surface area contributed by atoms with Gasteiger partial charge < -0.3 is 0 Å². The van der Waals surface area contributed by atoms with Gasteiger partial charge >= 0.3 is 0 Å². The maximum atomic E-state index is 12.4. The van der Waals surface area contributed by atoms with Crippen LogP contribution in [-0.4, -0.2) is 21.7 Å². The maximum Gasteiger partial charge on any atom is 0.266 e. The van der Waals surface area contributed by atoms with Gasteiger partial charge in [-0.25, -0.2) is 0 Å². The molecule has 0 atom stereocenters. The molecule has 1 aliphatic heterocycles. The molecule has 0 aromatic heterocycles. The number of unbranched alkanes of at least 4 members (excludes halogenated alkanes) is 3. The summed E-state index contributed by atoms with van der Waals surface area (Å²) < 4.78 is 0.690. The molecule has 1 aromatic carbocycles. The number of thiocarbonyl (C=S) groups is 1. The molecule has 0 N–H and O–H groups in total. The van der Waals surface area contributed by atoms with Gasteiger partial charge in [0.1, 0.15) is 4.32 Å². The summed E-state index contributed by atoms with van der Waals surface area (Å²) in [5.74, 6) is 0.0575. The molecule has 112 valence electrons. The number of rotatable bonds is 6. The first-order valence-corrected chi connectivity index (χ1v) is 8.66. The predicted octanol–water partition coefficient (Wildman–Crippen LogP) is 4.78. The second-order valence-corrected chi connectivity index (χ2v) is 6.98. The zero-order valence-electron chi connectivity index (χ0n) is 12.6. The van der Waals surface area contributed by atoms with Gasteiger partial charge in [0, 0.05) is 6.54 Å². The molecular formula is C17H21NOS2. The molecule has 0 saturated carbocycles. The highest BCUT2D eigenvalue weighted by atomic mass is 32.2. The van der Waals surface area contributed by atoms with Crippen LogP contribution in [0, 0.1) is 6.92 Å². The van der Waals surface area contributed by atoms with Crippen LogP contribution in [0.4, 0.5) is 0 Å². The zero-order valence-corrected chi connectivity index (χ0v) is 14.2. The third-order valence-electron chi connectivity index (χ3n) is 3.48. The lowest BCUT2D eigenvalue weighted by Crippen LogP contribution is -2.28. The average molecular weight is 319 g/mol. The van der Waals surface area contributed by atoms with Gasteiger partial charge in [0.05, 0.1) is 4.91 Å². The lowest BCUT2D eigenvalue weighted by molar-refractivity contribution is -0.122. The van der Waals surface area contributed by atoms with Gasteiger partial charge in [-0.1, -0.05) is 80.0 Å². The van der Waals surface area contributed by atoms with Crippen LogP contribution in [0.15, 0.2) is 29.2 Å². The smallest absolute Gasteiger partial charge is 0.266 e. The number of carbonyl (C=O) groups is 1. The molecule has 1 aromatic rings. The van der Waals surface area contributed by atoms with Gasteiger partial charge in [-0.05, 0) is 25.0 Å². The van der Waals surface area contributed by atoms with Crippen molar-refractivity contribution in [2.75, 3.05) is 6.54 Å². The quantitative estimate of drug-likeness (QED) is 0.428. The molecule has 0 bridgehead atoms. The Morgan fingerprint density at radius 1 is 1.19 bits per heavy atom. The summed E-state index contributed by atoms with van der Waals surface area (Å²) in [4.78, 5) is 14.9. The SMILES string of the molecule is CCCCCCN1C(=O)/C(=C/c2ccc(C)cc2)SC1=S. The summed E-state index contributed by atoms with van der Waals surface area (Å²) in [5.41, 5.74) is 2.27. The number of nitrogens with zero attached hydrogens (tertiary/aromatic N) is 1. The molecule has 0 spiro atoms. The third-order valence-corrected chi connectivity index (χ3v) is 4.86. The highest BCUT2D eigenvalue weighted by Gasteiger charge is 2.31. The van der Waals surface area contributed by atoms with Crippen LogP contribution >= 0.6 is 24.0 Å². The molecule has 1 aliphatic rings. The van der Waals surface area contributed by atoms with Crippen LogP contribution in [0.3, 0.4) is 0 Å². The molecule has 21 heavy (non-hydrogen) atoms. The van der Waals surface area contributed by atoms with E-state index in [1.165, 1.54) is 30.2 Å². The van der Waals surface area contributed by atoms with E-state index in [9.17, 15) is 4.79 Å². The van der Waals surface area contributed by atoms with E-state index in [0.717, 1.165) is 29.9 Å². The molecule has 2 nitrogen and oxygen atoms in total. The van der Waals surface area contributed by atoms with Crippen LogP contribution in [0.5, 0.6) is 0 Å². The lowest BCUT2D eigenvalue weighted by atomic mass is 10.1. The number of hydrogen-bond donors (Lipinski definition) is 0. The minimum Gasteiger partial charge on any atom is -0.293 e. The van der Waals surface area contributed by atoms with E-state index < -0.39 is 0 Å². The predicted molar refractivity (Wildman–Crippen MR) is 95.2 cm³/mol. The third kappa shape index (κ3) is 4.42. The number of hydrogen-bond acceptors (Lipinski definition) is 3. The van der Waals surface area contributed by atoms with Crippen molar-refractivity contribution in [3.63, 3.8) is 0 Å². The largest absolute Gasteiger partial charge is 0.293 e. The van der Waals surface area contributed by atoms with Crippen LogP contribution in [0.25, 0.3) is 6.08 Å². The Hall–Kier alpha value is -1.13. The van der Waals surface area contributed by atoms with Gasteiger partial charge in [-0.2, -0.15) is 0 Å². The van der Waals surface area contributed by atoms with Crippen LogP contribution < -0.4 is 0 Å². The summed E-state index contributed by atoms with van der Waals surface area (Å²) in [5, 5.41) is 0. The normalized spacial score (nSPS) is 17.0. The summed E-state index contributed by atoms with van der Waals surface area (Å²) in [7, 11) is 0. The summed E-state index contributed by atoms with van der Waals surface area (Å²) >= 11 is 6.75. The number of amides is 1. The van der Waals surface area contributed by atoms with Gasteiger partial charge in [-0.3, -0.25) is 9.69 Å². The van der Waals surface area contributed by atoms with Crippen molar-refractivity contribution in [3.05, 3.63) is 40.3 Å². The Morgan fingerprint density at radius 2 is 1.90 bits per heavy atom. The summed E-state index contributed by atoms with van der Waals surface area (Å²) in [6, 6.07) is 8.17. The van der Waals surface area contributed by atoms with Crippen molar-refractivity contribution in [1.82, 2.24) is 4.90 Å². The second-order valence-electron chi connectivity index (χ2n) is 5.30. The minimum atomic E-state index is 0.0575. The molecule has 1 fully saturated rings. The van der Waals surface area contributed by atoms with E-state index in [4.69, 9.17) is 12.2 Å². The van der Waals surface area contributed by atoms with Crippen molar-refractivity contribution >= 4 is 40.3 Å². The first-order chi connectivity index (χ1) is 10.1. The fraction of sp³-hybridized carbons (Fsp3) is 0.412. The van der Waals surface area contributed by atoms with E-state index in [2.05, 4.69) is 26.0 Å². The van der Waals surface area contributed by atoms with E-state index in [1.807, 2.05) is 18.2 Å². The maximum absolute atomic E-state index is 12.4. The Balaban J connectivity index is 2.01. The fourth-order valence-corrected chi connectivity index (χ4v) is 3.51. The van der Waals surface area contributed by atoms with E-state index in [0.29, 0.717) is 4.32 Å². The van der Waals surface area contributed by atoms with Crippen molar-refractivity contribution in [1.29, 1.82) is 0 Å². The number of benzene rings is 1. The fourth-order valence-electron chi connectivity index (χ4n) is 2.20. The monoisotopic (exact) mass is 319 g/mol. The average Bonchev–Trinajstić information content (AvgIpc) is 2.73. The Labute approximate surface area is 136 Å². The highest BCUT2D eigenvalue weighted by molar-refractivity contribution is 8.26. The van der Waals surface area contributed by atoms with Gasteiger partial charge in [-0.15, -0.1) is 0 Å². The van der Waals surface area contributed by atoms with Crippen LogP contribution in [-0.2, 0) is 4.79 Å². The van der Waals surface area contributed by atoms with E-state index >= 15 is 0 Å². The van der Waals surface area contributed by atoms with Gasteiger partial charge in [0.2, 0.25) is 0 Å². The van der Waals surface area contributed by atoms with Gasteiger partial charge in [0.15, 0.2) is 0 Å². The first-order valence-electron chi connectivity index (χ1n) is 7.44. The standard InChI is InChI=1S/C17H21NOS2/c1-3-4-5-6-11-18-16(19)15(21-17(18)20)12-14-9-7-13(2)8-10-14/h7-10,12H,3-6,11H2,1-2H3/b15-12-. The molecule has 0 unspecified atom stereocenters. The molecular weight excluding hydrogens is 298 g/mol. The Morgan fingerprint density at radius 3 is 2.57 bits per heavy atom. The highest BCUT2D eigenvalue weighted by Crippen LogP contribution is 2.32. The Bertz CT molecular complexity index is 548. The summed E-state index contributed by atoms with van der Waals surface area (Å²) in [6.07, 6.45) is 6.53. The number of carbonyl (C=O) groups excluding carboxylic acids is 1. The van der Waals surface area contributed by atoms with Crippen LogP contribution in [0.1, 0.15) is 43.7 Å². The molecule has 4 heteroatoms. The van der Waals surface area contributed by atoms with Crippen molar-refractivity contribution in [2.24, 2.45) is 0 Å². The molecule has 2 rings (SSSR count). The molecule has 1 heterocycles. The molecule has 1 amide bonds.